The molecule has 0 bridgehead atoms. The predicted octanol–water partition coefficient (Wildman–Crippen LogP) is 1.50. The Bertz CT molecular complexity index is 498. The van der Waals surface area contributed by atoms with Gasteiger partial charge in [-0.3, -0.25) is 9.59 Å². The second kappa shape index (κ2) is 6.27. The van der Waals surface area contributed by atoms with Crippen molar-refractivity contribution in [3.8, 4) is 11.5 Å². The number of carbonyl (C=O) groups excluding carboxylic acids is 1. The van der Waals surface area contributed by atoms with Gasteiger partial charge in [-0.2, -0.15) is 0 Å². The Morgan fingerprint density at radius 2 is 2.00 bits per heavy atom. The summed E-state index contributed by atoms with van der Waals surface area (Å²) in [5, 5.41) is 11.6. The van der Waals surface area contributed by atoms with Crippen LogP contribution in [-0.2, 0) is 9.59 Å². The molecular weight excluding hydrogens is 262 g/mol. The first-order chi connectivity index (χ1) is 9.56. The summed E-state index contributed by atoms with van der Waals surface area (Å²) in [5.74, 6) is -0.0249. The van der Waals surface area contributed by atoms with Crippen LogP contribution in [0.25, 0.3) is 0 Å². The number of amides is 1. The first-order valence-corrected chi connectivity index (χ1v) is 6.44. The van der Waals surface area contributed by atoms with Crippen molar-refractivity contribution in [1.82, 2.24) is 5.32 Å². The van der Waals surface area contributed by atoms with E-state index >= 15 is 0 Å². The number of hydrogen-bond donors (Lipinski definition) is 2. The highest BCUT2D eigenvalue weighted by molar-refractivity contribution is 5.75. The Morgan fingerprint density at radius 1 is 1.30 bits per heavy atom. The minimum absolute atomic E-state index is 0.181. The second-order valence-electron chi connectivity index (χ2n) is 4.61. The van der Waals surface area contributed by atoms with Crippen molar-refractivity contribution in [2.24, 2.45) is 0 Å². The van der Waals surface area contributed by atoms with Gasteiger partial charge in [-0.1, -0.05) is 6.07 Å². The van der Waals surface area contributed by atoms with Crippen LogP contribution in [0.2, 0.25) is 0 Å². The summed E-state index contributed by atoms with van der Waals surface area (Å²) in [6.07, 6.45) is 0.619. The fourth-order valence-electron chi connectivity index (χ4n) is 2.07. The number of carbonyl (C=O) groups is 2. The number of ether oxygens (including phenoxy) is 2. The molecule has 6 nitrogen and oxygen atoms in total. The number of fused-ring (bicyclic) bond motifs is 1. The summed E-state index contributed by atoms with van der Waals surface area (Å²) in [6.45, 7) is 2.51. The highest BCUT2D eigenvalue weighted by atomic mass is 16.5. The molecule has 0 fully saturated rings. The Hall–Kier alpha value is -2.24. The summed E-state index contributed by atoms with van der Waals surface area (Å²) >= 11 is 0. The largest absolute Gasteiger partial charge is 0.490 e. The Labute approximate surface area is 116 Å². The van der Waals surface area contributed by atoms with Crippen molar-refractivity contribution >= 4 is 11.9 Å². The van der Waals surface area contributed by atoms with Gasteiger partial charge >= 0.3 is 5.97 Å². The molecule has 1 aliphatic heterocycles. The van der Waals surface area contributed by atoms with E-state index in [-0.39, 0.29) is 12.3 Å². The molecule has 0 saturated heterocycles. The SMILES string of the molecule is CC(=O)N[C@H](CC(=O)O)c1ccc2c(c1)OCCCO2. The number of rotatable bonds is 4. The first-order valence-electron chi connectivity index (χ1n) is 6.44. The number of nitrogens with one attached hydrogen (secondary N) is 1. The van der Waals surface area contributed by atoms with Gasteiger partial charge in [-0.25, -0.2) is 0 Å². The fourth-order valence-corrected chi connectivity index (χ4v) is 2.07. The Morgan fingerprint density at radius 3 is 2.65 bits per heavy atom. The smallest absolute Gasteiger partial charge is 0.305 e. The van der Waals surface area contributed by atoms with Crippen molar-refractivity contribution in [2.45, 2.75) is 25.8 Å². The number of benzene rings is 1. The summed E-state index contributed by atoms with van der Waals surface area (Å²) in [5.41, 5.74) is 0.687. The molecule has 0 radical (unpaired) electrons. The fraction of sp³-hybridized carbons (Fsp3) is 0.429. The normalized spacial score (nSPS) is 15.1. The molecule has 20 heavy (non-hydrogen) atoms. The first kappa shape index (κ1) is 14.2. The third-order valence-corrected chi connectivity index (χ3v) is 2.93. The monoisotopic (exact) mass is 279 g/mol. The molecule has 1 aliphatic rings. The number of hydrogen-bond acceptors (Lipinski definition) is 4. The highest BCUT2D eigenvalue weighted by Crippen LogP contribution is 2.33. The molecule has 1 atom stereocenters. The Kier molecular flexibility index (Phi) is 4.45. The van der Waals surface area contributed by atoms with Crippen LogP contribution in [0.3, 0.4) is 0 Å². The molecule has 2 rings (SSSR count). The van der Waals surface area contributed by atoms with Gasteiger partial charge in [0.2, 0.25) is 5.91 Å². The van der Waals surface area contributed by atoms with E-state index in [4.69, 9.17) is 14.6 Å². The van der Waals surface area contributed by atoms with Gasteiger partial charge in [-0.15, -0.1) is 0 Å². The van der Waals surface area contributed by atoms with E-state index in [9.17, 15) is 9.59 Å². The van der Waals surface area contributed by atoms with Gasteiger partial charge in [0.1, 0.15) is 0 Å². The van der Waals surface area contributed by atoms with E-state index < -0.39 is 12.0 Å². The lowest BCUT2D eigenvalue weighted by atomic mass is 10.0. The summed E-state index contributed by atoms with van der Waals surface area (Å²) in [7, 11) is 0. The van der Waals surface area contributed by atoms with E-state index in [2.05, 4.69) is 5.32 Å². The van der Waals surface area contributed by atoms with Crippen molar-refractivity contribution in [1.29, 1.82) is 0 Å². The lowest BCUT2D eigenvalue weighted by Gasteiger charge is -2.18. The number of aliphatic carboxylic acids is 1. The zero-order valence-electron chi connectivity index (χ0n) is 11.2. The molecule has 1 heterocycles. The van der Waals surface area contributed by atoms with Crippen molar-refractivity contribution < 1.29 is 24.2 Å². The second-order valence-corrected chi connectivity index (χ2v) is 4.61. The molecular formula is C14H17NO5. The topological polar surface area (TPSA) is 84.9 Å². The van der Waals surface area contributed by atoms with Crippen LogP contribution in [0.1, 0.15) is 31.4 Å². The van der Waals surface area contributed by atoms with Crippen molar-refractivity contribution in [2.75, 3.05) is 13.2 Å². The van der Waals surface area contributed by atoms with Crippen LogP contribution in [0.15, 0.2) is 18.2 Å². The standard InChI is InChI=1S/C14H17NO5/c1-9(16)15-11(8-14(17)18)10-3-4-12-13(7-10)20-6-2-5-19-12/h3-4,7,11H,2,5-6,8H2,1H3,(H,15,16)(H,17,18)/t11-/m1/s1. The molecule has 0 aliphatic carbocycles. The van der Waals surface area contributed by atoms with Crippen LogP contribution < -0.4 is 14.8 Å². The van der Waals surface area contributed by atoms with Crippen molar-refractivity contribution in [3.63, 3.8) is 0 Å². The third kappa shape index (κ3) is 3.63. The van der Waals surface area contributed by atoms with Gasteiger partial charge in [0.25, 0.3) is 0 Å². The minimum Gasteiger partial charge on any atom is -0.490 e. The lowest BCUT2D eigenvalue weighted by Crippen LogP contribution is -2.28. The molecule has 2 N–H and O–H groups in total. The van der Waals surface area contributed by atoms with Gasteiger partial charge < -0.3 is 19.9 Å². The van der Waals surface area contributed by atoms with E-state index in [1.54, 1.807) is 18.2 Å². The Balaban J connectivity index is 2.26. The number of carboxylic acids is 1. The van der Waals surface area contributed by atoms with Crippen LogP contribution >= 0.6 is 0 Å². The van der Waals surface area contributed by atoms with E-state index in [1.807, 2.05) is 0 Å². The van der Waals surface area contributed by atoms with Crippen LogP contribution in [-0.4, -0.2) is 30.2 Å². The van der Waals surface area contributed by atoms with Gasteiger partial charge in [0, 0.05) is 13.3 Å². The maximum atomic E-state index is 11.2. The molecule has 1 amide bonds. The van der Waals surface area contributed by atoms with Crippen LogP contribution in [0.4, 0.5) is 0 Å². The van der Waals surface area contributed by atoms with Gasteiger partial charge in [-0.05, 0) is 17.7 Å². The molecule has 0 unspecified atom stereocenters. The van der Waals surface area contributed by atoms with E-state index in [1.165, 1.54) is 6.92 Å². The zero-order valence-corrected chi connectivity index (χ0v) is 11.2. The molecule has 6 heteroatoms. The molecule has 0 saturated carbocycles. The summed E-state index contributed by atoms with van der Waals surface area (Å²) in [6, 6.07) is 4.63. The highest BCUT2D eigenvalue weighted by Gasteiger charge is 2.19. The summed E-state index contributed by atoms with van der Waals surface area (Å²) < 4.78 is 11.1. The molecule has 1 aromatic carbocycles. The average Bonchev–Trinajstić information content (AvgIpc) is 2.61. The van der Waals surface area contributed by atoms with Crippen LogP contribution in [0.5, 0.6) is 11.5 Å². The molecule has 108 valence electrons. The number of carboxylic acid groups (broad SMARTS) is 1. The molecule has 0 spiro atoms. The maximum Gasteiger partial charge on any atom is 0.305 e. The van der Waals surface area contributed by atoms with Crippen molar-refractivity contribution in [3.05, 3.63) is 23.8 Å². The van der Waals surface area contributed by atoms with E-state index in [0.29, 0.717) is 30.3 Å². The third-order valence-electron chi connectivity index (χ3n) is 2.93. The minimum atomic E-state index is -0.976. The quantitative estimate of drug-likeness (QED) is 0.872. The molecule has 1 aromatic rings. The lowest BCUT2D eigenvalue weighted by molar-refractivity contribution is -0.137. The summed E-state index contributed by atoms with van der Waals surface area (Å²) in [4.78, 5) is 22.1. The zero-order chi connectivity index (χ0) is 14.5. The predicted molar refractivity (Wildman–Crippen MR) is 70.9 cm³/mol. The van der Waals surface area contributed by atoms with Gasteiger partial charge in [0.15, 0.2) is 11.5 Å². The molecule has 0 aromatic heterocycles. The van der Waals surface area contributed by atoms with Gasteiger partial charge in [0.05, 0.1) is 25.7 Å². The average molecular weight is 279 g/mol. The maximum absolute atomic E-state index is 11.2. The van der Waals surface area contributed by atoms with E-state index in [0.717, 1.165) is 6.42 Å². The van der Waals surface area contributed by atoms with Crippen LogP contribution in [0, 0.1) is 0 Å².